The quantitative estimate of drug-likeness (QED) is 0.836. The predicted octanol–water partition coefficient (Wildman–Crippen LogP) is 4.41. The van der Waals surface area contributed by atoms with E-state index in [1.807, 2.05) is 24.4 Å². The first-order valence-corrected chi connectivity index (χ1v) is 9.25. The minimum atomic E-state index is 0.0603. The molecule has 1 saturated carbocycles. The van der Waals surface area contributed by atoms with Crippen LogP contribution in [0.1, 0.15) is 41.6 Å². The van der Waals surface area contributed by atoms with Crippen molar-refractivity contribution in [2.75, 3.05) is 0 Å². The largest absolute Gasteiger partial charge is 0.349 e. The van der Waals surface area contributed by atoms with Crippen molar-refractivity contribution < 1.29 is 4.79 Å². The molecule has 1 fully saturated rings. The second kappa shape index (κ2) is 6.92. The zero-order valence-electron chi connectivity index (χ0n) is 12.5. The molecule has 0 aliphatic heterocycles. The molecule has 1 unspecified atom stereocenters. The first kappa shape index (κ1) is 15.7. The number of nitrogens with zero attached hydrogens (tertiary/aromatic N) is 1. The maximum atomic E-state index is 12.4. The summed E-state index contributed by atoms with van der Waals surface area (Å²) in [5.41, 5.74) is 2.05. The third kappa shape index (κ3) is 3.76. The van der Waals surface area contributed by atoms with Crippen LogP contribution < -0.4 is 5.32 Å². The molecular formula is C17H19BrN2OS. The Kier molecular flexibility index (Phi) is 4.93. The molecule has 1 heterocycles. The molecule has 1 atom stereocenters. The molecule has 1 N–H and O–H groups in total. The van der Waals surface area contributed by atoms with Gasteiger partial charge in [0.15, 0.2) is 0 Å². The number of hydrogen-bond donors (Lipinski definition) is 1. The minimum absolute atomic E-state index is 0.0603. The molecule has 2 aromatic rings. The number of amides is 1. The lowest BCUT2D eigenvalue weighted by Crippen LogP contribution is -2.37. The van der Waals surface area contributed by atoms with E-state index in [9.17, 15) is 4.79 Å². The van der Waals surface area contributed by atoms with E-state index in [0.29, 0.717) is 12.3 Å². The molecular weight excluding hydrogens is 360 g/mol. The standard InChI is InChI=1S/C17H19BrN2OS/c1-11-19-15(10-22-11)9-16(21)20-17(12-3-2-4-12)13-5-7-14(18)8-6-13/h5-8,10,12,17H,2-4,9H2,1H3,(H,20,21). The SMILES string of the molecule is Cc1nc(CC(=O)NC(c2ccc(Br)cc2)C2CCC2)cs1. The second-order valence-corrected chi connectivity index (χ2v) is 7.80. The van der Waals surface area contributed by atoms with E-state index in [1.165, 1.54) is 24.8 Å². The van der Waals surface area contributed by atoms with Crippen molar-refractivity contribution in [3.8, 4) is 0 Å². The number of rotatable bonds is 5. The Morgan fingerprint density at radius 3 is 2.68 bits per heavy atom. The molecule has 0 radical (unpaired) electrons. The number of benzene rings is 1. The van der Waals surface area contributed by atoms with Gasteiger partial charge in [0.05, 0.1) is 23.2 Å². The molecule has 0 spiro atoms. The molecule has 1 amide bonds. The smallest absolute Gasteiger partial charge is 0.226 e. The van der Waals surface area contributed by atoms with Gasteiger partial charge in [0.25, 0.3) is 0 Å². The molecule has 3 rings (SSSR count). The zero-order chi connectivity index (χ0) is 15.5. The van der Waals surface area contributed by atoms with Gasteiger partial charge < -0.3 is 5.32 Å². The topological polar surface area (TPSA) is 42.0 Å². The van der Waals surface area contributed by atoms with Gasteiger partial charge in [-0.1, -0.05) is 34.5 Å². The third-order valence-corrected chi connectivity index (χ3v) is 5.53. The van der Waals surface area contributed by atoms with Gasteiger partial charge >= 0.3 is 0 Å². The van der Waals surface area contributed by atoms with Gasteiger partial charge in [-0.2, -0.15) is 0 Å². The Bertz CT molecular complexity index is 649. The Morgan fingerprint density at radius 2 is 2.14 bits per heavy atom. The highest BCUT2D eigenvalue weighted by Crippen LogP contribution is 2.38. The maximum Gasteiger partial charge on any atom is 0.226 e. The van der Waals surface area contributed by atoms with Crippen molar-refractivity contribution in [3.63, 3.8) is 0 Å². The van der Waals surface area contributed by atoms with Crippen LogP contribution in [-0.4, -0.2) is 10.9 Å². The average molecular weight is 379 g/mol. The number of carbonyl (C=O) groups excluding carboxylic acids is 1. The fourth-order valence-electron chi connectivity index (χ4n) is 2.80. The molecule has 0 bridgehead atoms. The number of thiazole rings is 1. The molecule has 3 nitrogen and oxygen atoms in total. The lowest BCUT2D eigenvalue weighted by Gasteiger charge is -2.34. The Labute approximate surface area is 143 Å². The van der Waals surface area contributed by atoms with Crippen molar-refractivity contribution in [1.29, 1.82) is 0 Å². The van der Waals surface area contributed by atoms with E-state index in [-0.39, 0.29) is 11.9 Å². The lowest BCUT2D eigenvalue weighted by molar-refractivity contribution is -0.121. The van der Waals surface area contributed by atoms with Crippen LogP contribution in [0, 0.1) is 12.8 Å². The molecule has 5 heteroatoms. The van der Waals surface area contributed by atoms with Gasteiger partial charge in [0.1, 0.15) is 0 Å². The average Bonchev–Trinajstić information content (AvgIpc) is 2.82. The highest BCUT2D eigenvalue weighted by atomic mass is 79.9. The van der Waals surface area contributed by atoms with Crippen LogP contribution in [0.25, 0.3) is 0 Å². The maximum absolute atomic E-state index is 12.4. The normalized spacial score (nSPS) is 16.1. The number of aryl methyl sites for hydroxylation is 1. The van der Waals surface area contributed by atoms with Gasteiger partial charge in [-0.15, -0.1) is 11.3 Å². The highest BCUT2D eigenvalue weighted by molar-refractivity contribution is 9.10. The predicted molar refractivity (Wildman–Crippen MR) is 92.9 cm³/mol. The van der Waals surface area contributed by atoms with Crippen molar-refractivity contribution in [3.05, 3.63) is 50.4 Å². The Hall–Kier alpha value is -1.20. The number of aromatic nitrogens is 1. The summed E-state index contributed by atoms with van der Waals surface area (Å²) < 4.78 is 1.06. The summed E-state index contributed by atoms with van der Waals surface area (Å²) in [6, 6.07) is 8.39. The van der Waals surface area contributed by atoms with Gasteiger partial charge in [-0.25, -0.2) is 4.98 Å². The van der Waals surface area contributed by atoms with E-state index in [1.54, 1.807) is 11.3 Å². The molecule has 1 aliphatic carbocycles. The summed E-state index contributed by atoms with van der Waals surface area (Å²) in [4.78, 5) is 16.7. The van der Waals surface area contributed by atoms with Crippen LogP contribution in [0.15, 0.2) is 34.1 Å². The third-order valence-electron chi connectivity index (χ3n) is 4.18. The summed E-state index contributed by atoms with van der Waals surface area (Å²) in [6.07, 6.45) is 4.01. The second-order valence-electron chi connectivity index (χ2n) is 5.82. The van der Waals surface area contributed by atoms with Gasteiger partial charge in [-0.3, -0.25) is 4.79 Å². The summed E-state index contributed by atoms with van der Waals surface area (Å²) in [5.74, 6) is 0.618. The van der Waals surface area contributed by atoms with Crippen molar-refractivity contribution in [2.24, 2.45) is 5.92 Å². The first-order valence-electron chi connectivity index (χ1n) is 7.57. The van der Waals surface area contributed by atoms with Gasteiger partial charge in [0.2, 0.25) is 5.91 Å². The monoisotopic (exact) mass is 378 g/mol. The van der Waals surface area contributed by atoms with Crippen LogP contribution in [0.2, 0.25) is 0 Å². The fraction of sp³-hybridized carbons (Fsp3) is 0.412. The lowest BCUT2D eigenvalue weighted by atomic mass is 9.77. The Morgan fingerprint density at radius 1 is 1.41 bits per heavy atom. The highest BCUT2D eigenvalue weighted by Gasteiger charge is 2.29. The molecule has 22 heavy (non-hydrogen) atoms. The van der Waals surface area contributed by atoms with Crippen LogP contribution in [0.3, 0.4) is 0 Å². The first-order chi connectivity index (χ1) is 10.6. The van der Waals surface area contributed by atoms with Gasteiger partial charge in [-0.05, 0) is 43.4 Å². The number of hydrogen-bond acceptors (Lipinski definition) is 3. The van der Waals surface area contributed by atoms with Crippen LogP contribution in [0.5, 0.6) is 0 Å². The van der Waals surface area contributed by atoms with Crippen molar-refractivity contribution >= 4 is 33.2 Å². The fourth-order valence-corrected chi connectivity index (χ4v) is 3.67. The van der Waals surface area contributed by atoms with Crippen molar-refractivity contribution in [2.45, 2.75) is 38.6 Å². The molecule has 1 aromatic heterocycles. The minimum Gasteiger partial charge on any atom is -0.349 e. The summed E-state index contributed by atoms with van der Waals surface area (Å²) in [7, 11) is 0. The zero-order valence-corrected chi connectivity index (χ0v) is 14.9. The summed E-state index contributed by atoms with van der Waals surface area (Å²) in [5, 5.41) is 6.19. The van der Waals surface area contributed by atoms with E-state index >= 15 is 0 Å². The molecule has 116 valence electrons. The van der Waals surface area contributed by atoms with Crippen LogP contribution in [-0.2, 0) is 11.2 Å². The molecule has 1 aromatic carbocycles. The molecule has 0 saturated heterocycles. The number of carbonyl (C=O) groups is 1. The van der Waals surface area contributed by atoms with E-state index in [0.717, 1.165) is 15.2 Å². The van der Waals surface area contributed by atoms with E-state index < -0.39 is 0 Å². The summed E-state index contributed by atoms with van der Waals surface area (Å²) >= 11 is 5.05. The number of nitrogens with one attached hydrogen (secondary N) is 1. The van der Waals surface area contributed by atoms with Crippen molar-refractivity contribution in [1.82, 2.24) is 10.3 Å². The van der Waals surface area contributed by atoms with Gasteiger partial charge in [0, 0.05) is 9.85 Å². The van der Waals surface area contributed by atoms with E-state index in [4.69, 9.17) is 0 Å². The molecule has 1 aliphatic rings. The van der Waals surface area contributed by atoms with Crippen LogP contribution in [0.4, 0.5) is 0 Å². The summed E-state index contributed by atoms with van der Waals surface area (Å²) in [6.45, 7) is 1.96. The number of halogens is 1. The van der Waals surface area contributed by atoms with E-state index in [2.05, 4.69) is 38.4 Å². The Balaban J connectivity index is 1.69. The van der Waals surface area contributed by atoms with Crippen LogP contribution >= 0.6 is 27.3 Å².